The van der Waals surface area contributed by atoms with Crippen molar-refractivity contribution in [1.82, 2.24) is 15.1 Å². The summed E-state index contributed by atoms with van der Waals surface area (Å²) < 4.78 is 0. The van der Waals surface area contributed by atoms with Crippen LogP contribution < -0.4 is 5.32 Å². The van der Waals surface area contributed by atoms with E-state index in [9.17, 15) is 29.9 Å². The summed E-state index contributed by atoms with van der Waals surface area (Å²) in [6.45, 7) is 8.55. The number of nitrogens with zero attached hydrogens (tertiary/aromatic N) is 3. The van der Waals surface area contributed by atoms with Crippen LogP contribution in [-0.2, 0) is 9.59 Å². The van der Waals surface area contributed by atoms with E-state index in [2.05, 4.69) is 63.6 Å². The van der Waals surface area contributed by atoms with Gasteiger partial charge in [0.15, 0.2) is 0 Å². The SMILES string of the molecule is CC1NC(C)C(CCN2CCN(C(c3ccccc3)c3ccccc3)CC2)(C(=O)O)C(c2cccc([N+](=O)[O-])c2)C1(C)C(=O)O. The van der Waals surface area contributed by atoms with Crippen molar-refractivity contribution < 1.29 is 24.7 Å². The quantitative estimate of drug-likeness (QED) is 0.212. The molecule has 2 aliphatic heterocycles. The van der Waals surface area contributed by atoms with Gasteiger partial charge in [-0.25, -0.2) is 0 Å². The van der Waals surface area contributed by atoms with Gasteiger partial charge in [-0.1, -0.05) is 72.8 Å². The highest BCUT2D eigenvalue weighted by atomic mass is 16.6. The molecule has 10 nitrogen and oxygen atoms in total. The van der Waals surface area contributed by atoms with Crippen molar-refractivity contribution in [3.63, 3.8) is 0 Å². The number of nitro benzene ring substituents is 1. The van der Waals surface area contributed by atoms with E-state index in [1.165, 1.54) is 29.3 Å². The molecule has 3 N–H and O–H groups in total. The number of carboxylic acid groups (broad SMARTS) is 2. The number of carboxylic acids is 2. The Morgan fingerprint density at radius 2 is 1.47 bits per heavy atom. The summed E-state index contributed by atoms with van der Waals surface area (Å²) in [5.41, 5.74) is -0.493. The van der Waals surface area contributed by atoms with Gasteiger partial charge in [-0.15, -0.1) is 0 Å². The number of piperazine rings is 1. The largest absolute Gasteiger partial charge is 0.481 e. The number of carbonyl (C=O) groups is 2. The molecule has 2 heterocycles. The van der Waals surface area contributed by atoms with Crippen molar-refractivity contribution in [2.45, 2.75) is 51.2 Å². The predicted octanol–water partition coefficient (Wildman–Crippen LogP) is 5.02. The molecule has 0 aliphatic carbocycles. The van der Waals surface area contributed by atoms with Crippen LogP contribution in [0.4, 0.5) is 5.69 Å². The minimum absolute atomic E-state index is 0.0958. The van der Waals surface area contributed by atoms with E-state index in [4.69, 9.17) is 0 Å². The number of piperidine rings is 1. The second kappa shape index (κ2) is 13.1. The fourth-order valence-electron chi connectivity index (χ4n) is 7.75. The summed E-state index contributed by atoms with van der Waals surface area (Å²) in [4.78, 5) is 42.3. The normalized spacial score (nSPS) is 27.7. The van der Waals surface area contributed by atoms with Crippen LogP contribution in [0.15, 0.2) is 84.9 Å². The van der Waals surface area contributed by atoms with E-state index in [-0.39, 0.29) is 18.2 Å². The Morgan fingerprint density at radius 1 is 0.889 bits per heavy atom. The zero-order chi connectivity index (χ0) is 32.4. The van der Waals surface area contributed by atoms with Crippen LogP contribution in [0.1, 0.15) is 55.8 Å². The van der Waals surface area contributed by atoms with Crippen LogP contribution in [0, 0.1) is 20.9 Å². The van der Waals surface area contributed by atoms with Crippen molar-refractivity contribution in [2.75, 3.05) is 32.7 Å². The van der Waals surface area contributed by atoms with E-state index in [1.54, 1.807) is 26.8 Å². The lowest BCUT2D eigenvalue weighted by molar-refractivity contribution is -0.385. The molecule has 5 atom stereocenters. The van der Waals surface area contributed by atoms with Gasteiger partial charge in [0.2, 0.25) is 0 Å². The number of aliphatic carboxylic acids is 2. The standard InChI is InChI=1S/C35H42N4O6/c1-24-34(3,32(40)41)31(28-15-10-16-29(23-28)39(44)45)35(33(42)43,25(2)36-24)17-18-37-19-21-38(22-20-37)30(26-11-6-4-7-12-26)27-13-8-5-9-14-27/h4-16,23-25,30-31,36H,17-22H2,1-3H3,(H,40,41)(H,42,43). The zero-order valence-corrected chi connectivity index (χ0v) is 26.0. The molecule has 0 bridgehead atoms. The number of non-ortho nitro benzene ring substituents is 1. The second-order valence-electron chi connectivity index (χ2n) is 12.7. The highest BCUT2D eigenvalue weighted by Gasteiger charge is 2.65. The van der Waals surface area contributed by atoms with Crippen molar-refractivity contribution in [2.24, 2.45) is 10.8 Å². The molecular formula is C35H42N4O6. The third-order valence-corrected chi connectivity index (χ3v) is 10.4. The number of nitrogens with one attached hydrogen (secondary N) is 1. The molecule has 0 saturated carbocycles. The van der Waals surface area contributed by atoms with E-state index in [1.807, 2.05) is 12.1 Å². The first kappa shape index (κ1) is 32.3. The molecular weight excluding hydrogens is 572 g/mol. The first-order valence-corrected chi connectivity index (χ1v) is 15.5. The average molecular weight is 615 g/mol. The number of nitro groups is 1. The van der Waals surface area contributed by atoms with Crippen molar-refractivity contribution >= 4 is 17.6 Å². The molecule has 3 aromatic carbocycles. The lowest BCUT2D eigenvalue weighted by Gasteiger charge is -2.56. The van der Waals surface area contributed by atoms with Gasteiger partial charge in [0.05, 0.1) is 21.8 Å². The Labute approximate surface area is 263 Å². The molecule has 10 heteroatoms. The Morgan fingerprint density at radius 3 is 1.98 bits per heavy atom. The molecule has 0 amide bonds. The maximum atomic E-state index is 13.4. The third kappa shape index (κ3) is 5.97. The van der Waals surface area contributed by atoms with Crippen LogP contribution in [0.5, 0.6) is 0 Å². The second-order valence-corrected chi connectivity index (χ2v) is 12.7. The highest BCUT2D eigenvalue weighted by molar-refractivity contribution is 5.84. The van der Waals surface area contributed by atoms with E-state index >= 15 is 0 Å². The first-order chi connectivity index (χ1) is 21.5. The van der Waals surface area contributed by atoms with Gasteiger partial charge >= 0.3 is 11.9 Å². The van der Waals surface area contributed by atoms with Gasteiger partial charge < -0.3 is 20.4 Å². The molecule has 5 rings (SSSR count). The van der Waals surface area contributed by atoms with Gasteiger partial charge in [0, 0.05) is 56.3 Å². The monoisotopic (exact) mass is 614 g/mol. The summed E-state index contributed by atoms with van der Waals surface area (Å²) in [5, 5.41) is 36.5. The summed E-state index contributed by atoms with van der Waals surface area (Å²) in [6.07, 6.45) is 0.181. The van der Waals surface area contributed by atoms with Crippen molar-refractivity contribution in [3.8, 4) is 0 Å². The first-order valence-electron chi connectivity index (χ1n) is 15.5. The summed E-state index contributed by atoms with van der Waals surface area (Å²) in [5.74, 6) is -3.27. The van der Waals surface area contributed by atoms with E-state index in [0.717, 1.165) is 26.2 Å². The van der Waals surface area contributed by atoms with Gasteiger partial charge in [0.25, 0.3) is 5.69 Å². The smallest absolute Gasteiger partial charge is 0.311 e. The van der Waals surface area contributed by atoms with Gasteiger partial charge in [0.1, 0.15) is 0 Å². The number of benzene rings is 3. The maximum Gasteiger partial charge on any atom is 0.311 e. The molecule has 0 spiro atoms. The molecule has 2 fully saturated rings. The van der Waals surface area contributed by atoms with Crippen LogP contribution in [-0.4, -0.2) is 81.7 Å². The zero-order valence-electron chi connectivity index (χ0n) is 26.0. The molecule has 0 aromatic heterocycles. The van der Waals surface area contributed by atoms with Crippen LogP contribution >= 0.6 is 0 Å². The average Bonchev–Trinajstić information content (AvgIpc) is 3.03. The molecule has 2 saturated heterocycles. The Bertz CT molecular complexity index is 1470. The lowest BCUT2D eigenvalue weighted by Crippen LogP contribution is -2.69. The Balaban J connectivity index is 1.42. The fourth-order valence-corrected chi connectivity index (χ4v) is 7.75. The van der Waals surface area contributed by atoms with E-state index in [0.29, 0.717) is 12.1 Å². The highest BCUT2D eigenvalue weighted by Crippen LogP contribution is 2.57. The van der Waals surface area contributed by atoms with Gasteiger partial charge in [-0.2, -0.15) is 0 Å². The molecule has 2 aliphatic rings. The topological polar surface area (TPSA) is 136 Å². The molecule has 0 radical (unpaired) electrons. The van der Waals surface area contributed by atoms with Crippen molar-refractivity contribution in [1.29, 1.82) is 0 Å². The van der Waals surface area contributed by atoms with Crippen LogP contribution in [0.2, 0.25) is 0 Å². The number of hydrogen-bond acceptors (Lipinski definition) is 7. The lowest BCUT2D eigenvalue weighted by atomic mass is 9.51. The molecule has 3 aromatic rings. The summed E-state index contributed by atoms with van der Waals surface area (Å²) in [6, 6.07) is 25.6. The molecule has 238 valence electrons. The predicted molar refractivity (Wildman–Crippen MR) is 171 cm³/mol. The van der Waals surface area contributed by atoms with Gasteiger partial charge in [-0.05, 0) is 50.4 Å². The minimum Gasteiger partial charge on any atom is -0.481 e. The number of rotatable bonds is 10. The Hall–Kier alpha value is -4.12. The Kier molecular flexibility index (Phi) is 9.38. The molecule has 5 unspecified atom stereocenters. The fraction of sp³-hybridized carbons (Fsp3) is 0.429. The maximum absolute atomic E-state index is 13.4. The van der Waals surface area contributed by atoms with Gasteiger partial charge in [-0.3, -0.25) is 24.6 Å². The van der Waals surface area contributed by atoms with Crippen LogP contribution in [0.3, 0.4) is 0 Å². The number of hydrogen-bond donors (Lipinski definition) is 3. The van der Waals surface area contributed by atoms with Crippen molar-refractivity contribution in [3.05, 3.63) is 112 Å². The minimum atomic E-state index is -1.54. The third-order valence-electron chi connectivity index (χ3n) is 10.4. The molecule has 45 heavy (non-hydrogen) atoms. The van der Waals surface area contributed by atoms with E-state index < -0.39 is 45.7 Å². The van der Waals surface area contributed by atoms with Crippen LogP contribution in [0.25, 0.3) is 0 Å². The summed E-state index contributed by atoms with van der Waals surface area (Å²) in [7, 11) is 0. The summed E-state index contributed by atoms with van der Waals surface area (Å²) >= 11 is 0.